The number of thioether (sulfide) groups is 1. The average Bonchev–Trinajstić information content (AvgIpc) is 2.73. The number of ether oxygens (including phenoxy) is 1. The van der Waals surface area contributed by atoms with Crippen molar-refractivity contribution in [3.05, 3.63) is 101 Å². The Morgan fingerprint density at radius 1 is 0.931 bits per heavy atom. The standard InChI is InChI=1S/C23H18F3NOS/c1-28-20-9-5-6-17(16-20)22(27-19-7-3-2-4-8-19)14-15-29-21-12-10-18(11-13-21)23(24,25)26/h2-16H,1H3. The number of hydrogen-bond acceptors (Lipinski definition) is 3. The van der Waals surface area contributed by atoms with Crippen LogP contribution >= 0.6 is 11.8 Å². The Kier molecular flexibility index (Phi) is 6.77. The van der Waals surface area contributed by atoms with Crippen LogP contribution in [0.5, 0.6) is 5.75 Å². The van der Waals surface area contributed by atoms with E-state index in [4.69, 9.17) is 9.73 Å². The first kappa shape index (κ1) is 20.7. The molecule has 0 amide bonds. The molecule has 0 aliphatic heterocycles. The van der Waals surface area contributed by atoms with Crippen molar-refractivity contribution in [1.82, 2.24) is 0 Å². The number of methoxy groups -OCH3 is 1. The van der Waals surface area contributed by atoms with E-state index in [1.54, 1.807) is 7.11 Å². The molecule has 0 aliphatic carbocycles. The number of hydrogen-bond donors (Lipinski definition) is 0. The summed E-state index contributed by atoms with van der Waals surface area (Å²) in [5.41, 5.74) is 1.73. The van der Waals surface area contributed by atoms with Gasteiger partial charge in [-0.05, 0) is 60.0 Å². The van der Waals surface area contributed by atoms with Crippen molar-refractivity contribution in [2.45, 2.75) is 11.1 Å². The summed E-state index contributed by atoms with van der Waals surface area (Å²) in [7, 11) is 1.60. The quantitative estimate of drug-likeness (QED) is 0.316. The number of halogens is 3. The maximum Gasteiger partial charge on any atom is 0.416 e. The number of aliphatic imine (C=N–C) groups is 1. The molecule has 0 unspecified atom stereocenters. The largest absolute Gasteiger partial charge is 0.497 e. The fraction of sp³-hybridized carbons (Fsp3) is 0.0870. The van der Waals surface area contributed by atoms with Crippen LogP contribution in [-0.2, 0) is 6.18 Å². The average molecular weight is 413 g/mol. The van der Waals surface area contributed by atoms with E-state index in [2.05, 4.69) is 0 Å². The highest BCUT2D eigenvalue weighted by Gasteiger charge is 2.29. The van der Waals surface area contributed by atoms with Gasteiger partial charge in [0.1, 0.15) is 5.75 Å². The van der Waals surface area contributed by atoms with Gasteiger partial charge in [-0.15, -0.1) is 0 Å². The van der Waals surface area contributed by atoms with E-state index < -0.39 is 11.7 Å². The van der Waals surface area contributed by atoms with Gasteiger partial charge in [-0.3, -0.25) is 0 Å². The highest BCUT2D eigenvalue weighted by atomic mass is 32.2. The van der Waals surface area contributed by atoms with Gasteiger partial charge >= 0.3 is 6.18 Å². The minimum Gasteiger partial charge on any atom is -0.497 e. The van der Waals surface area contributed by atoms with Crippen molar-refractivity contribution < 1.29 is 17.9 Å². The molecule has 0 N–H and O–H groups in total. The van der Waals surface area contributed by atoms with E-state index in [-0.39, 0.29) is 0 Å². The Morgan fingerprint density at radius 3 is 2.31 bits per heavy atom. The van der Waals surface area contributed by atoms with Crippen LogP contribution < -0.4 is 4.74 Å². The lowest BCUT2D eigenvalue weighted by molar-refractivity contribution is -0.137. The summed E-state index contributed by atoms with van der Waals surface area (Å²) in [6.45, 7) is 0. The second-order valence-corrected chi connectivity index (χ2v) is 6.99. The molecule has 3 aromatic rings. The minimum atomic E-state index is -4.33. The van der Waals surface area contributed by atoms with Crippen molar-refractivity contribution in [2.24, 2.45) is 4.99 Å². The van der Waals surface area contributed by atoms with Gasteiger partial charge in [-0.1, -0.05) is 42.1 Å². The van der Waals surface area contributed by atoms with Crippen LogP contribution in [0.2, 0.25) is 0 Å². The van der Waals surface area contributed by atoms with E-state index in [1.165, 1.54) is 23.9 Å². The van der Waals surface area contributed by atoms with Gasteiger partial charge in [0.15, 0.2) is 0 Å². The molecule has 0 heterocycles. The number of benzene rings is 3. The Labute approximate surface area is 171 Å². The number of allylic oxidation sites excluding steroid dienone is 1. The summed E-state index contributed by atoms with van der Waals surface area (Å²) in [5, 5.41) is 1.81. The maximum absolute atomic E-state index is 12.7. The van der Waals surface area contributed by atoms with E-state index in [0.29, 0.717) is 10.6 Å². The molecule has 3 rings (SSSR count). The first-order chi connectivity index (χ1) is 14.0. The van der Waals surface area contributed by atoms with Gasteiger partial charge in [0.2, 0.25) is 0 Å². The molecule has 0 aliphatic rings. The number of nitrogens with zero attached hydrogens (tertiary/aromatic N) is 1. The number of alkyl halides is 3. The molecule has 0 spiro atoms. The predicted molar refractivity (Wildman–Crippen MR) is 112 cm³/mol. The molecule has 0 atom stereocenters. The molecular formula is C23H18F3NOS. The third-order valence-corrected chi connectivity index (χ3v) is 4.80. The van der Waals surface area contributed by atoms with E-state index in [0.717, 1.165) is 29.1 Å². The third kappa shape index (κ3) is 5.99. The number of para-hydroxylation sites is 1. The minimum absolute atomic E-state index is 0.659. The second-order valence-electron chi connectivity index (χ2n) is 6.01. The van der Waals surface area contributed by atoms with Gasteiger partial charge < -0.3 is 4.74 Å². The summed E-state index contributed by atoms with van der Waals surface area (Å²) in [4.78, 5) is 5.40. The fourth-order valence-corrected chi connectivity index (χ4v) is 3.17. The van der Waals surface area contributed by atoms with Gasteiger partial charge in [-0.2, -0.15) is 13.2 Å². The lowest BCUT2D eigenvalue weighted by Gasteiger charge is -2.07. The summed E-state index contributed by atoms with van der Waals surface area (Å²) in [5.74, 6) is 0.715. The number of rotatable bonds is 6. The Balaban J connectivity index is 1.84. The molecule has 2 nitrogen and oxygen atoms in total. The molecule has 6 heteroatoms. The summed E-state index contributed by atoms with van der Waals surface area (Å²) >= 11 is 1.32. The highest BCUT2D eigenvalue weighted by molar-refractivity contribution is 8.02. The lowest BCUT2D eigenvalue weighted by Crippen LogP contribution is -2.03. The van der Waals surface area contributed by atoms with Crippen LogP contribution in [0.15, 0.2) is 100 Å². The molecule has 3 aromatic carbocycles. The smallest absolute Gasteiger partial charge is 0.416 e. The van der Waals surface area contributed by atoms with Gasteiger partial charge in [0, 0.05) is 10.5 Å². The highest BCUT2D eigenvalue weighted by Crippen LogP contribution is 2.31. The zero-order chi connectivity index (χ0) is 20.7. The van der Waals surface area contributed by atoms with Crippen LogP contribution in [-0.4, -0.2) is 12.8 Å². The van der Waals surface area contributed by atoms with Crippen LogP contribution in [0.25, 0.3) is 0 Å². The third-order valence-electron chi connectivity index (χ3n) is 3.98. The molecule has 0 saturated heterocycles. The first-order valence-corrected chi connectivity index (χ1v) is 9.62. The summed E-state index contributed by atoms with van der Waals surface area (Å²) < 4.78 is 43.4. The van der Waals surface area contributed by atoms with E-state index in [1.807, 2.05) is 66.1 Å². The normalized spacial score (nSPS) is 12.3. The zero-order valence-corrected chi connectivity index (χ0v) is 16.4. The summed E-state index contributed by atoms with van der Waals surface area (Å²) in [6, 6.07) is 22.1. The van der Waals surface area contributed by atoms with Crippen LogP contribution in [0, 0.1) is 0 Å². The zero-order valence-electron chi connectivity index (χ0n) is 15.6. The predicted octanol–water partition coefficient (Wildman–Crippen LogP) is 7.14. The van der Waals surface area contributed by atoms with Gasteiger partial charge in [-0.25, -0.2) is 4.99 Å². The lowest BCUT2D eigenvalue weighted by atomic mass is 10.1. The molecule has 0 fully saturated rings. The van der Waals surface area contributed by atoms with Crippen molar-refractivity contribution in [3.63, 3.8) is 0 Å². The molecular weight excluding hydrogens is 395 g/mol. The van der Waals surface area contributed by atoms with Gasteiger partial charge in [0.05, 0.1) is 24.1 Å². The monoisotopic (exact) mass is 413 g/mol. The van der Waals surface area contributed by atoms with Crippen molar-refractivity contribution >= 4 is 23.2 Å². The molecule has 148 valence electrons. The Morgan fingerprint density at radius 2 is 1.66 bits per heavy atom. The first-order valence-electron chi connectivity index (χ1n) is 8.74. The molecule has 0 radical (unpaired) electrons. The van der Waals surface area contributed by atoms with Crippen molar-refractivity contribution in [1.29, 1.82) is 0 Å². The van der Waals surface area contributed by atoms with E-state index in [9.17, 15) is 13.2 Å². The topological polar surface area (TPSA) is 21.6 Å². The molecule has 0 saturated carbocycles. The second kappa shape index (κ2) is 9.47. The molecule has 0 bridgehead atoms. The SMILES string of the molecule is COc1cccc(C(C=CSc2ccc(C(F)(F)F)cc2)=Nc2ccccc2)c1. The van der Waals surface area contributed by atoms with Gasteiger partial charge in [0.25, 0.3) is 0 Å². The Bertz CT molecular complexity index is 997. The fourth-order valence-electron chi connectivity index (χ4n) is 2.52. The van der Waals surface area contributed by atoms with Crippen LogP contribution in [0.3, 0.4) is 0 Å². The summed E-state index contributed by atoms with van der Waals surface area (Å²) in [6.07, 6.45) is -2.50. The molecule has 29 heavy (non-hydrogen) atoms. The van der Waals surface area contributed by atoms with Crippen molar-refractivity contribution in [2.75, 3.05) is 7.11 Å². The van der Waals surface area contributed by atoms with Crippen molar-refractivity contribution in [3.8, 4) is 5.75 Å². The van der Waals surface area contributed by atoms with E-state index >= 15 is 0 Å². The molecule has 0 aromatic heterocycles. The Hall–Kier alpha value is -2.99. The maximum atomic E-state index is 12.7. The van der Waals surface area contributed by atoms with Crippen LogP contribution in [0.1, 0.15) is 11.1 Å². The van der Waals surface area contributed by atoms with Crippen LogP contribution in [0.4, 0.5) is 18.9 Å².